The average molecular weight is 419 g/mol. The number of piperidine rings is 1. The van der Waals surface area contributed by atoms with Gasteiger partial charge in [0.05, 0.1) is 5.69 Å². The lowest BCUT2D eigenvalue weighted by atomic mass is 9.94. The molecule has 3 heterocycles. The average Bonchev–Trinajstić information content (AvgIpc) is 3.13. The number of aromatic nitrogens is 1. The summed E-state index contributed by atoms with van der Waals surface area (Å²) in [5, 5.41) is 7.12. The number of hydrogen-bond donors (Lipinski definition) is 3. The van der Waals surface area contributed by atoms with Gasteiger partial charge in [-0.15, -0.1) is 0 Å². The highest BCUT2D eigenvalue weighted by Gasteiger charge is 2.24. The van der Waals surface area contributed by atoms with Gasteiger partial charge >= 0.3 is 5.63 Å². The number of aryl methyl sites for hydroxylation is 2. The van der Waals surface area contributed by atoms with Crippen LogP contribution in [-0.2, 0) is 6.42 Å². The van der Waals surface area contributed by atoms with Crippen LogP contribution in [0.5, 0.6) is 0 Å². The molecule has 2 aliphatic rings. The standard InChI is InChI=1S/C24H25N3O4/c1-13-10-20(14-4-3-9-25-12-14)31-24(30)21(13)23(29)26-15-7-8-16-17-5-2-6-19(28)22(17)27-18(16)11-15/h7-8,10-11,14,25,27H,2-6,9,12H2,1H3,(H,26,29). The number of ketones is 1. The quantitative estimate of drug-likeness (QED) is 0.601. The van der Waals surface area contributed by atoms with E-state index in [9.17, 15) is 14.4 Å². The largest absolute Gasteiger partial charge is 0.427 e. The predicted molar refractivity (Wildman–Crippen MR) is 118 cm³/mol. The van der Waals surface area contributed by atoms with Gasteiger partial charge in [-0.1, -0.05) is 6.07 Å². The molecule has 1 unspecified atom stereocenters. The van der Waals surface area contributed by atoms with E-state index in [1.54, 1.807) is 19.1 Å². The lowest BCUT2D eigenvalue weighted by Crippen LogP contribution is -2.30. The molecule has 7 heteroatoms. The van der Waals surface area contributed by atoms with Crippen molar-refractivity contribution in [3.63, 3.8) is 0 Å². The van der Waals surface area contributed by atoms with Gasteiger partial charge in [0, 0.05) is 35.5 Å². The highest BCUT2D eigenvalue weighted by Crippen LogP contribution is 2.31. The van der Waals surface area contributed by atoms with Crippen molar-refractivity contribution in [1.29, 1.82) is 0 Å². The molecule has 3 N–H and O–H groups in total. The van der Waals surface area contributed by atoms with Gasteiger partial charge in [0.1, 0.15) is 11.3 Å². The normalized spacial score (nSPS) is 18.7. The lowest BCUT2D eigenvalue weighted by Gasteiger charge is -2.22. The summed E-state index contributed by atoms with van der Waals surface area (Å²) in [7, 11) is 0. The summed E-state index contributed by atoms with van der Waals surface area (Å²) < 4.78 is 5.52. The third kappa shape index (κ3) is 3.59. The number of benzene rings is 1. The molecule has 1 aromatic carbocycles. The van der Waals surface area contributed by atoms with Crippen LogP contribution in [0.3, 0.4) is 0 Å². The molecule has 160 valence electrons. The molecule has 1 aliphatic heterocycles. The molecule has 1 atom stereocenters. The number of carbonyl (C=O) groups excluding carboxylic acids is 2. The SMILES string of the molecule is Cc1cc(C2CCCNC2)oc(=O)c1C(=O)Nc1ccc2c3c([nH]c2c1)C(=O)CCC3. The second-order valence-corrected chi connectivity index (χ2v) is 8.51. The third-order valence-electron chi connectivity index (χ3n) is 6.37. The summed E-state index contributed by atoms with van der Waals surface area (Å²) in [6.07, 6.45) is 4.29. The van der Waals surface area contributed by atoms with Gasteiger partial charge in [0.2, 0.25) is 0 Å². The van der Waals surface area contributed by atoms with E-state index >= 15 is 0 Å². The Kier molecular flexibility index (Phi) is 4.98. The van der Waals surface area contributed by atoms with Crippen LogP contribution in [0, 0.1) is 6.92 Å². The number of hydrogen-bond acceptors (Lipinski definition) is 5. The van der Waals surface area contributed by atoms with Crippen LogP contribution in [0.1, 0.15) is 69.3 Å². The zero-order chi connectivity index (χ0) is 21.5. The van der Waals surface area contributed by atoms with Crippen molar-refractivity contribution >= 4 is 28.3 Å². The Morgan fingerprint density at radius 3 is 2.81 bits per heavy atom. The molecule has 1 saturated heterocycles. The smallest absolute Gasteiger partial charge is 0.349 e. The molecule has 2 aromatic heterocycles. The van der Waals surface area contributed by atoms with Crippen LogP contribution in [0.25, 0.3) is 10.9 Å². The Morgan fingerprint density at radius 2 is 2.03 bits per heavy atom. The van der Waals surface area contributed by atoms with Crippen LogP contribution in [0.2, 0.25) is 0 Å². The van der Waals surface area contributed by atoms with Crippen molar-refractivity contribution in [3.05, 3.63) is 62.8 Å². The zero-order valence-electron chi connectivity index (χ0n) is 17.5. The van der Waals surface area contributed by atoms with Crippen molar-refractivity contribution in [2.75, 3.05) is 18.4 Å². The summed E-state index contributed by atoms with van der Waals surface area (Å²) in [4.78, 5) is 40.9. The number of anilines is 1. The molecule has 1 fully saturated rings. The third-order valence-corrected chi connectivity index (χ3v) is 6.37. The number of aromatic amines is 1. The van der Waals surface area contributed by atoms with E-state index in [-0.39, 0.29) is 17.3 Å². The first-order valence-electron chi connectivity index (χ1n) is 10.9. The number of fused-ring (bicyclic) bond motifs is 3. The number of rotatable bonds is 3. The molecule has 3 aromatic rings. The van der Waals surface area contributed by atoms with E-state index in [1.807, 2.05) is 12.1 Å². The Labute approximate surface area is 179 Å². The number of Topliss-reactive ketones (excluding diaryl/α,β-unsaturated/α-hetero) is 1. The fourth-order valence-electron chi connectivity index (χ4n) is 4.78. The Balaban J connectivity index is 1.41. The van der Waals surface area contributed by atoms with Crippen molar-refractivity contribution in [3.8, 4) is 0 Å². The lowest BCUT2D eigenvalue weighted by molar-refractivity contribution is 0.0967. The molecule has 0 spiro atoms. The number of carbonyl (C=O) groups is 2. The van der Waals surface area contributed by atoms with E-state index in [0.29, 0.717) is 29.1 Å². The Morgan fingerprint density at radius 1 is 1.16 bits per heavy atom. The molecule has 31 heavy (non-hydrogen) atoms. The fraction of sp³-hybridized carbons (Fsp3) is 0.375. The monoisotopic (exact) mass is 419 g/mol. The second-order valence-electron chi connectivity index (χ2n) is 8.51. The van der Waals surface area contributed by atoms with Gasteiger partial charge < -0.3 is 20.0 Å². The van der Waals surface area contributed by atoms with Crippen LogP contribution in [-0.4, -0.2) is 29.8 Å². The maximum Gasteiger partial charge on any atom is 0.349 e. The minimum Gasteiger partial charge on any atom is -0.427 e. The fourth-order valence-corrected chi connectivity index (χ4v) is 4.78. The maximum atomic E-state index is 12.9. The van der Waals surface area contributed by atoms with Gasteiger partial charge in [-0.25, -0.2) is 4.79 Å². The van der Waals surface area contributed by atoms with Gasteiger partial charge in [0.25, 0.3) is 5.91 Å². The minimum absolute atomic E-state index is 0.0218. The molecule has 5 rings (SSSR count). The predicted octanol–water partition coefficient (Wildman–Crippen LogP) is 3.67. The number of nitrogens with one attached hydrogen (secondary N) is 3. The zero-order valence-corrected chi connectivity index (χ0v) is 17.5. The molecule has 0 radical (unpaired) electrons. The van der Waals surface area contributed by atoms with E-state index < -0.39 is 11.5 Å². The molecule has 7 nitrogen and oxygen atoms in total. The van der Waals surface area contributed by atoms with Crippen molar-refractivity contribution < 1.29 is 14.0 Å². The highest BCUT2D eigenvalue weighted by molar-refractivity contribution is 6.07. The molecular formula is C24H25N3O4. The van der Waals surface area contributed by atoms with E-state index in [0.717, 1.165) is 55.2 Å². The van der Waals surface area contributed by atoms with E-state index in [1.165, 1.54) is 0 Å². The van der Waals surface area contributed by atoms with E-state index in [4.69, 9.17) is 4.42 Å². The summed E-state index contributed by atoms with van der Waals surface area (Å²) >= 11 is 0. The maximum absolute atomic E-state index is 12.9. The Hall–Kier alpha value is -3.19. The van der Waals surface area contributed by atoms with Gasteiger partial charge in [-0.2, -0.15) is 0 Å². The summed E-state index contributed by atoms with van der Waals surface area (Å²) in [5.41, 5.74) is 3.11. The number of amides is 1. The van der Waals surface area contributed by atoms with Crippen molar-refractivity contribution in [2.24, 2.45) is 0 Å². The second kappa shape index (κ2) is 7.81. The molecule has 1 amide bonds. The summed E-state index contributed by atoms with van der Waals surface area (Å²) in [5.74, 6) is 0.423. The van der Waals surface area contributed by atoms with Gasteiger partial charge in [-0.3, -0.25) is 9.59 Å². The van der Waals surface area contributed by atoms with Gasteiger partial charge in [0.15, 0.2) is 5.78 Å². The first kappa shape index (κ1) is 19.8. The van der Waals surface area contributed by atoms with Crippen LogP contribution >= 0.6 is 0 Å². The molecule has 0 saturated carbocycles. The van der Waals surface area contributed by atoms with Crippen LogP contribution in [0.15, 0.2) is 33.5 Å². The molecule has 0 bridgehead atoms. The topological polar surface area (TPSA) is 104 Å². The Bertz CT molecular complexity index is 1250. The van der Waals surface area contributed by atoms with E-state index in [2.05, 4.69) is 15.6 Å². The van der Waals surface area contributed by atoms with Crippen molar-refractivity contribution in [2.45, 2.75) is 44.9 Å². The minimum atomic E-state index is -0.611. The van der Waals surface area contributed by atoms with Crippen LogP contribution in [0.4, 0.5) is 5.69 Å². The van der Waals surface area contributed by atoms with Crippen LogP contribution < -0.4 is 16.3 Å². The highest BCUT2D eigenvalue weighted by atomic mass is 16.4. The number of H-pyrrole nitrogens is 1. The molecular weight excluding hydrogens is 394 g/mol. The molecule has 1 aliphatic carbocycles. The first-order chi connectivity index (χ1) is 15.0. The first-order valence-corrected chi connectivity index (χ1v) is 10.9. The summed E-state index contributed by atoms with van der Waals surface area (Å²) in [6.45, 7) is 3.51. The summed E-state index contributed by atoms with van der Waals surface area (Å²) in [6, 6.07) is 7.32. The van der Waals surface area contributed by atoms with Crippen molar-refractivity contribution in [1.82, 2.24) is 10.3 Å². The van der Waals surface area contributed by atoms with Gasteiger partial charge in [-0.05, 0) is 68.5 Å².